The third kappa shape index (κ3) is 4.00. The van der Waals surface area contributed by atoms with E-state index in [1.807, 2.05) is 0 Å². The molecule has 1 aromatic heterocycles. The highest BCUT2D eigenvalue weighted by molar-refractivity contribution is 6.28. The van der Waals surface area contributed by atoms with Crippen LogP contribution in [0.3, 0.4) is 0 Å². The van der Waals surface area contributed by atoms with E-state index < -0.39 is 0 Å². The Kier molecular flexibility index (Phi) is 6.16. The molecular formula is C8H13Cl2NO2. The van der Waals surface area contributed by atoms with Crippen molar-refractivity contribution in [2.24, 2.45) is 5.73 Å². The van der Waals surface area contributed by atoms with Crippen LogP contribution < -0.4 is 5.73 Å². The average molecular weight is 226 g/mol. The highest BCUT2D eigenvalue weighted by Gasteiger charge is 2.09. The van der Waals surface area contributed by atoms with Crippen molar-refractivity contribution in [3.63, 3.8) is 0 Å². The zero-order chi connectivity index (χ0) is 8.97. The SMILES string of the molecule is Cl.N[C@H](CCCO)c1ccc(Cl)o1. The maximum atomic E-state index is 8.56. The van der Waals surface area contributed by atoms with Gasteiger partial charge in [-0.2, -0.15) is 0 Å². The number of aliphatic hydroxyl groups is 1. The van der Waals surface area contributed by atoms with Crippen LogP contribution in [0.25, 0.3) is 0 Å². The second-order valence-corrected chi connectivity index (χ2v) is 2.99. The number of rotatable bonds is 4. The van der Waals surface area contributed by atoms with Crippen LogP contribution in [0, 0.1) is 0 Å². The molecule has 0 amide bonds. The van der Waals surface area contributed by atoms with Gasteiger partial charge in [0, 0.05) is 6.61 Å². The van der Waals surface area contributed by atoms with Crippen LogP contribution in [0.15, 0.2) is 16.5 Å². The highest BCUT2D eigenvalue weighted by atomic mass is 35.5. The Morgan fingerprint density at radius 2 is 2.23 bits per heavy atom. The minimum atomic E-state index is -0.162. The molecule has 0 bridgehead atoms. The van der Waals surface area contributed by atoms with Gasteiger partial charge in [-0.1, -0.05) is 0 Å². The number of halogens is 2. The van der Waals surface area contributed by atoms with Crippen molar-refractivity contribution < 1.29 is 9.52 Å². The fourth-order valence-electron chi connectivity index (χ4n) is 0.981. The molecule has 0 radical (unpaired) electrons. The Hall–Kier alpha value is -0.220. The Bertz CT molecular complexity index is 240. The zero-order valence-corrected chi connectivity index (χ0v) is 8.64. The van der Waals surface area contributed by atoms with E-state index in [1.54, 1.807) is 12.1 Å². The molecule has 0 spiro atoms. The summed E-state index contributed by atoms with van der Waals surface area (Å²) in [6.07, 6.45) is 1.39. The van der Waals surface area contributed by atoms with Crippen molar-refractivity contribution in [3.05, 3.63) is 23.1 Å². The van der Waals surface area contributed by atoms with Crippen molar-refractivity contribution in [1.82, 2.24) is 0 Å². The first-order chi connectivity index (χ1) is 5.74. The standard InChI is InChI=1S/C8H12ClNO2.ClH/c9-8-4-3-7(12-8)6(10)2-1-5-11;/h3-4,6,11H,1-2,5,10H2;1H/t6-;/m1./s1. The summed E-state index contributed by atoms with van der Waals surface area (Å²) < 4.78 is 5.10. The van der Waals surface area contributed by atoms with E-state index >= 15 is 0 Å². The van der Waals surface area contributed by atoms with Crippen molar-refractivity contribution in [3.8, 4) is 0 Å². The minimum absolute atomic E-state index is 0. The Morgan fingerprint density at radius 3 is 2.69 bits per heavy atom. The molecule has 5 heteroatoms. The lowest BCUT2D eigenvalue weighted by molar-refractivity contribution is 0.276. The van der Waals surface area contributed by atoms with Crippen molar-refractivity contribution in [2.45, 2.75) is 18.9 Å². The monoisotopic (exact) mass is 225 g/mol. The molecule has 0 saturated heterocycles. The molecule has 0 unspecified atom stereocenters. The quantitative estimate of drug-likeness (QED) is 0.826. The summed E-state index contributed by atoms with van der Waals surface area (Å²) in [6, 6.07) is 3.25. The third-order valence-electron chi connectivity index (χ3n) is 1.63. The first-order valence-corrected chi connectivity index (χ1v) is 4.23. The molecule has 0 aliphatic carbocycles. The fourth-order valence-corrected chi connectivity index (χ4v) is 1.13. The molecule has 1 atom stereocenters. The maximum Gasteiger partial charge on any atom is 0.193 e. The van der Waals surface area contributed by atoms with Gasteiger partial charge in [0.25, 0.3) is 0 Å². The molecule has 3 N–H and O–H groups in total. The van der Waals surface area contributed by atoms with Crippen molar-refractivity contribution in [2.75, 3.05) is 6.61 Å². The van der Waals surface area contributed by atoms with Gasteiger partial charge < -0.3 is 15.3 Å². The van der Waals surface area contributed by atoms with Gasteiger partial charge in [0.2, 0.25) is 0 Å². The van der Waals surface area contributed by atoms with E-state index in [9.17, 15) is 0 Å². The summed E-state index contributed by atoms with van der Waals surface area (Å²) in [5.74, 6) is 0.674. The molecule has 0 aromatic carbocycles. The van der Waals surface area contributed by atoms with Gasteiger partial charge in [-0.3, -0.25) is 0 Å². The number of furan rings is 1. The summed E-state index contributed by atoms with van der Waals surface area (Å²) in [4.78, 5) is 0. The molecule has 0 aliphatic rings. The first-order valence-electron chi connectivity index (χ1n) is 3.85. The van der Waals surface area contributed by atoms with Crippen LogP contribution in [0.2, 0.25) is 5.22 Å². The lowest BCUT2D eigenvalue weighted by atomic mass is 10.1. The molecule has 0 fully saturated rings. The van der Waals surface area contributed by atoms with E-state index in [0.717, 1.165) is 0 Å². The largest absolute Gasteiger partial charge is 0.448 e. The van der Waals surface area contributed by atoms with E-state index in [2.05, 4.69) is 0 Å². The molecule has 0 aliphatic heterocycles. The average Bonchev–Trinajstić information content (AvgIpc) is 2.47. The van der Waals surface area contributed by atoms with E-state index in [4.69, 9.17) is 26.9 Å². The van der Waals surface area contributed by atoms with Crippen LogP contribution in [-0.2, 0) is 0 Å². The molecule has 76 valence electrons. The normalized spacial score (nSPS) is 12.2. The lowest BCUT2D eigenvalue weighted by Crippen LogP contribution is -2.09. The van der Waals surface area contributed by atoms with Gasteiger partial charge >= 0.3 is 0 Å². The van der Waals surface area contributed by atoms with Crippen molar-refractivity contribution in [1.29, 1.82) is 0 Å². The summed E-state index contributed by atoms with van der Waals surface area (Å²) in [6.45, 7) is 0.155. The molecular weight excluding hydrogens is 213 g/mol. The Morgan fingerprint density at radius 1 is 1.54 bits per heavy atom. The van der Waals surface area contributed by atoms with Crippen LogP contribution >= 0.6 is 24.0 Å². The minimum Gasteiger partial charge on any atom is -0.448 e. The molecule has 13 heavy (non-hydrogen) atoms. The van der Waals surface area contributed by atoms with Gasteiger partial charge in [-0.15, -0.1) is 12.4 Å². The predicted octanol–water partition coefficient (Wildman–Crippen LogP) is 2.13. The molecule has 1 rings (SSSR count). The molecule has 3 nitrogen and oxygen atoms in total. The highest BCUT2D eigenvalue weighted by Crippen LogP contribution is 2.21. The maximum absolute atomic E-state index is 8.56. The summed E-state index contributed by atoms with van der Waals surface area (Å²) in [7, 11) is 0. The van der Waals surface area contributed by atoms with Crippen LogP contribution in [-0.4, -0.2) is 11.7 Å². The molecule has 0 saturated carbocycles. The van der Waals surface area contributed by atoms with Gasteiger partial charge in [-0.05, 0) is 36.6 Å². The Labute approximate surface area is 88.3 Å². The van der Waals surface area contributed by atoms with Gasteiger partial charge in [0.15, 0.2) is 5.22 Å². The second kappa shape index (κ2) is 6.27. The van der Waals surface area contributed by atoms with E-state index in [1.165, 1.54) is 0 Å². The molecule has 1 heterocycles. The number of aliphatic hydroxyl groups excluding tert-OH is 1. The summed E-state index contributed by atoms with van der Waals surface area (Å²) >= 11 is 5.57. The zero-order valence-electron chi connectivity index (χ0n) is 7.07. The second-order valence-electron chi connectivity index (χ2n) is 2.61. The van der Waals surface area contributed by atoms with Gasteiger partial charge in [-0.25, -0.2) is 0 Å². The topological polar surface area (TPSA) is 59.4 Å². The summed E-state index contributed by atoms with van der Waals surface area (Å²) in [5, 5.41) is 8.91. The number of nitrogens with two attached hydrogens (primary N) is 1. The van der Waals surface area contributed by atoms with Crippen LogP contribution in [0.5, 0.6) is 0 Å². The van der Waals surface area contributed by atoms with Crippen LogP contribution in [0.4, 0.5) is 0 Å². The van der Waals surface area contributed by atoms with Gasteiger partial charge in [0.05, 0.1) is 6.04 Å². The predicted molar refractivity (Wildman–Crippen MR) is 54.2 cm³/mol. The number of hydrogen-bond donors (Lipinski definition) is 2. The van der Waals surface area contributed by atoms with Crippen molar-refractivity contribution >= 4 is 24.0 Å². The van der Waals surface area contributed by atoms with Gasteiger partial charge in [0.1, 0.15) is 5.76 Å². The number of hydrogen-bond acceptors (Lipinski definition) is 3. The third-order valence-corrected chi connectivity index (χ3v) is 1.84. The van der Waals surface area contributed by atoms with Crippen LogP contribution in [0.1, 0.15) is 24.6 Å². The summed E-state index contributed by atoms with van der Waals surface area (Å²) in [5.41, 5.74) is 5.73. The smallest absolute Gasteiger partial charge is 0.193 e. The Balaban J connectivity index is 0.00000144. The van der Waals surface area contributed by atoms with E-state index in [0.29, 0.717) is 23.8 Å². The first kappa shape index (κ1) is 12.8. The molecule has 1 aromatic rings. The van der Waals surface area contributed by atoms with E-state index in [-0.39, 0.29) is 25.1 Å². The fraction of sp³-hybridized carbons (Fsp3) is 0.500. The lowest BCUT2D eigenvalue weighted by Gasteiger charge is -2.05.